The van der Waals surface area contributed by atoms with Crippen molar-refractivity contribution in [3.63, 3.8) is 0 Å². The predicted octanol–water partition coefficient (Wildman–Crippen LogP) is -0.357. The molecule has 0 aromatic rings. The number of nitrogens with zero attached hydrogens (tertiary/aromatic N) is 1. The first-order valence-corrected chi connectivity index (χ1v) is 6.59. The van der Waals surface area contributed by atoms with Crippen molar-refractivity contribution in [2.24, 2.45) is 0 Å². The maximum absolute atomic E-state index is 11.7. The van der Waals surface area contributed by atoms with Crippen LogP contribution in [0.4, 0.5) is 0 Å². The number of hydrogen-bond donors (Lipinski definition) is 2. The van der Waals surface area contributed by atoms with Crippen LogP contribution in [0.3, 0.4) is 0 Å². The Hall–Kier alpha value is -1.24. The summed E-state index contributed by atoms with van der Waals surface area (Å²) >= 11 is 1.46. The molecule has 1 aliphatic heterocycles. The van der Waals surface area contributed by atoms with Gasteiger partial charge in [0, 0.05) is 0 Å². The molecular weight excluding hydrogens is 244 g/mol. The van der Waals surface area contributed by atoms with E-state index in [4.69, 9.17) is 5.11 Å². The minimum absolute atomic E-state index is 0.0408. The van der Waals surface area contributed by atoms with Gasteiger partial charge in [-0.3, -0.25) is 9.59 Å². The summed E-state index contributed by atoms with van der Waals surface area (Å²) in [7, 11) is 0. The molecule has 1 aliphatic carbocycles. The molecule has 17 heavy (non-hydrogen) atoms. The fourth-order valence-electron chi connectivity index (χ4n) is 1.94. The van der Waals surface area contributed by atoms with Crippen LogP contribution in [-0.2, 0) is 14.4 Å². The second kappa shape index (κ2) is 4.56. The summed E-state index contributed by atoms with van der Waals surface area (Å²) in [6, 6.07) is 0. The molecule has 1 saturated carbocycles. The molecule has 2 aliphatic rings. The fraction of sp³-hybridized carbons (Fsp3) is 0.700. The van der Waals surface area contributed by atoms with Crippen molar-refractivity contribution < 1.29 is 19.5 Å². The molecule has 6 nitrogen and oxygen atoms in total. The van der Waals surface area contributed by atoms with Gasteiger partial charge in [0.05, 0.1) is 11.6 Å². The fourth-order valence-corrected chi connectivity index (χ4v) is 2.85. The van der Waals surface area contributed by atoms with Crippen LogP contribution in [0.25, 0.3) is 0 Å². The zero-order chi connectivity index (χ0) is 12.5. The highest BCUT2D eigenvalue weighted by Crippen LogP contribution is 2.32. The van der Waals surface area contributed by atoms with Gasteiger partial charge in [0.15, 0.2) is 0 Å². The van der Waals surface area contributed by atoms with Crippen LogP contribution in [0.5, 0.6) is 0 Å². The largest absolute Gasteiger partial charge is 0.480 e. The summed E-state index contributed by atoms with van der Waals surface area (Å²) in [6.45, 7) is -0.0408. The summed E-state index contributed by atoms with van der Waals surface area (Å²) in [6.07, 6.45) is 1.75. The minimum Gasteiger partial charge on any atom is -0.480 e. The summed E-state index contributed by atoms with van der Waals surface area (Å²) in [5.41, 5.74) is -1.09. The van der Waals surface area contributed by atoms with E-state index in [1.165, 1.54) is 16.7 Å². The van der Waals surface area contributed by atoms with Crippen LogP contribution < -0.4 is 5.32 Å². The van der Waals surface area contributed by atoms with Gasteiger partial charge in [-0.25, -0.2) is 4.79 Å². The topological polar surface area (TPSA) is 86.7 Å². The first kappa shape index (κ1) is 12.2. The molecule has 0 atom stereocenters. The average molecular weight is 258 g/mol. The zero-order valence-electron chi connectivity index (χ0n) is 9.27. The number of thioether (sulfide) groups is 1. The third-order valence-electron chi connectivity index (χ3n) is 3.16. The number of carboxylic acid groups (broad SMARTS) is 1. The number of rotatable bonds is 4. The number of carboxylic acids is 1. The zero-order valence-corrected chi connectivity index (χ0v) is 10.1. The van der Waals surface area contributed by atoms with E-state index in [-0.39, 0.29) is 18.4 Å². The lowest BCUT2D eigenvalue weighted by Crippen LogP contribution is -2.60. The highest BCUT2D eigenvalue weighted by Gasteiger charge is 2.45. The van der Waals surface area contributed by atoms with Crippen LogP contribution in [0.1, 0.15) is 19.3 Å². The van der Waals surface area contributed by atoms with Crippen molar-refractivity contribution in [2.45, 2.75) is 24.8 Å². The highest BCUT2D eigenvalue weighted by atomic mass is 32.2. The first-order valence-electron chi connectivity index (χ1n) is 5.43. The van der Waals surface area contributed by atoms with E-state index in [2.05, 4.69) is 5.32 Å². The smallest absolute Gasteiger partial charge is 0.329 e. The lowest BCUT2D eigenvalue weighted by atomic mass is 9.77. The van der Waals surface area contributed by atoms with Gasteiger partial charge in [-0.1, -0.05) is 0 Å². The molecule has 0 unspecified atom stereocenters. The molecule has 0 bridgehead atoms. The number of aliphatic carboxylic acids is 1. The van der Waals surface area contributed by atoms with E-state index in [9.17, 15) is 14.4 Å². The third kappa shape index (κ3) is 2.38. The Bertz CT molecular complexity index is 367. The van der Waals surface area contributed by atoms with Gasteiger partial charge in [0.1, 0.15) is 12.1 Å². The number of hydrogen-bond acceptors (Lipinski definition) is 4. The molecule has 0 radical (unpaired) electrons. The summed E-state index contributed by atoms with van der Waals surface area (Å²) < 4.78 is 0. The van der Waals surface area contributed by atoms with Crippen LogP contribution >= 0.6 is 11.8 Å². The predicted molar refractivity (Wildman–Crippen MR) is 61.4 cm³/mol. The van der Waals surface area contributed by atoms with Gasteiger partial charge >= 0.3 is 5.97 Å². The highest BCUT2D eigenvalue weighted by molar-refractivity contribution is 8.00. The van der Waals surface area contributed by atoms with E-state index in [0.29, 0.717) is 24.5 Å². The molecule has 0 aromatic carbocycles. The molecule has 1 heterocycles. The number of amides is 2. The Morgan fingerprint density at radius 1 is 1.47 bits per heavy atom. The Morgan fingerprint density at radius 3 is 2.59 bits per heavy atom. The number of nitrogens with one attached hydrogen (secondary N) is 1. The number of carbonyl (C=O) groups is 3. The van der Waals surface area contributed by atoms with Crippen molar-refractivity contribution in [1.82, 2.24) is 10.2 Å². The SMILES string of the molecule is O=C(CN1CSCC1=O)NC1(C(=O)O)CCC1. The monoisotopic (exact) mass is 258 g/mol. The quantitative estimate of drug-likeness (QED) is 0.719. The summed E-state index contributed by atoms with van der Waals surface area (Å²) in [5, 5.41) is 11.6. The lowest BCUT2D eigenvalue weighted by Gasteiger charge is -2.38. The second-order valence-corrected chi connectivity index (χ2v) is 5.31. The van der Waals surface area contributed by atoms with Crippen molar-refractivity contribution in [1.29, 1.82) is 0 Å². The molecule has 0 aromatic heterocycles. The van der Waals surface area contributed by atoms with Crippen LogP contribution in [0, 0.1) is 0 Å². The van der Waals surface area contributed by atoms with Crippen LogP contribution in [-0.4, -0.2) is 51.5 Å². The molecule has 2 fully saturated rings. The second-order valence-electron chi connectivity index (χ2n) is 4.36. The number of carbonyl (C=O) groups excluding carboxylic acids is 2. The summed E-state index contributed by atoms with van der Waals surface area (Å²) in [4.78, 5) is 35.5. The van der Waals surface area contributed by atoms with Gasteiger partial charge in [0.2, 0.25) is 11.8 Å². The van der Waals surface area contributed by atoms with E-state index in [1.54, 1.807) is 0 Å². The van der Waals surface area contributed by atoms with Crippen molar-refractivity contribution in [3.8, 4) is 0 Å². The average Bonchev–Trinajstić information content (AvgIpc) is 2.58. The van der Waals surface area contributed by atoms with Crippen molar-refractivity contribution in [2.75, 3.05) is 18.2 Å². The minimum atomic E-state index is -1.09. The van der Waals surface area contributed by atoms with Gasteiger partial charge in [0.25, 0.3) is 0 Å². The van der Waals surface area contributed by atoms with E-state index in [1.807, 2.05) is 0 Å². The molecule has 7 heteroatoms. The van der Waals surface area contributed by atoms with E-state index in [0.717, 1.165) is 6.42 Å². The maximum Gasteiger partial charge on any atom is 0.329 e. The molecule has 0 spiro atoms. The Kier molecular flexibility index (Phi) is 3.28. The van der Waals surface area contributed by atoms with Crippen molar-refractivity contribution >= 4 is 29.5 Å². The maximum atomic E-state index is 11.7. The molecule has 2 N–H and O–H groups in total. The Labute approximate surface area is 103 Å². The van der Waals surface area contributed by atoms with Crippen LogP contribution in [0.2, 0.25) is 0 Å². The normalized spacial score (nSPS) is 22.1. The van der Waals surface area contributed by atoms with E-state index >= 15 is 0 Å². The lowest BCUT2D eigenvalue weighted by molar-refractivity contribution is -0.152. The van der Waals surface area contributed by atoms with Gasteiger partial charge in [-0.15, -0.1) is 11.8 Å². The standard InChI is InChI=1S/C10H14N2O4S/c13-7(4-12-6-17-5-8(12)14)11-10(9(15)16)2-1-3-10/h1-6H2,(H,11,13)(H,15,16). The molecular formula is C10H14N2O4S. The third-order valence-corrected chi connectivity index (χ3v) is 4.10. The molecule has 2 amide bonds. The first-order chi connectivity index (χ1) is 8.03. The Morgan fingerprint density at radius 2 is 2.18 bits per heavy atom. The van der Waals surface area contributed by atoms with Gasteiger partial charge in [-0.05, 0) is 19.3 Å². The van der Waals surface area contributed by atoms with Crippen molar-refractivity contribution in [3.05, 3.63) is 0 Å². The van der Waals surface area contributed by atoms with E-state index < -0.39 is 11.5 Å². The molecule has 94 valence electrons. The van der Waals surface area contributed by atoms with Gasteiger partial charge in [-0.2, -0.15) is 0 Å². The van der Waals surface area contributed by atoms with Gasteiger partial charge < -0.3 is 15.3 Å². The Balaban J connectivity index is 1.88. The molecule has 2 rings (SSSR count). The van der Waals surface area contributed by atoms with Crippen LogP contribution in [0.15, 0.2) is 0 Å². The summed E-state index contributed by atoms with van der Waals surface area (Å²) in [5.74, 6) is -0.533. The molecule has 1 saturated heterocycles.